The summed E-state index contributed by atoms with van der Waals surface area (Å²) in [5, 5.41) is 2.80. The number of hydrogen-bond acceptors (Lipinski definition) is 3. The molecule has 1 heterocycles. The molecule has 0 saturated carbocycles. The summed E-state index contributed by atoms with van der Waals surface area (Å²) in [5.74, 6) is -0.0367. The Bertz CT molecular complexity index is 320. The third kappa shape index (κ3) is 5.49. The van der Waals surface area contributed by atoms with Gasteiger partial charge in [-0.05, 0) is 32.2 Å². The van der Waals surface area contributed by atoms with Crippen LogP contribution in [-0.2, 0) is 9.59 Å². The van der Waals surface area contributed by atoms with Crippen LogP contribution < -0.4 is 5.32 Å². The Morgan fingerprint density at radius 1 is 1.30 bits per heavy atom. The molecule has 1 rings (SSSR count). The zero-order valence-corrected chi connectivity index (χ0v) is 13.2. The van der Waals surface area contributed by atoms with Gasteiger partial charge in [0.15, 0.2) is 0 Å². The van der Waals surface area contributed by atoms with E-state index in [1.807, 2.05) is 6.92 Å². The maximum atomic E-state index is 12.2. The van der Waals surface area contributed by atoms with Crippen LogP contribution in [0.1, 0.15) is 46.0 Å². The molecular formula is C15H29N3O2. The first-order chi connectivity index (χ1) is 9.58. The van der Waals surface area contributed by atoms with Crippen LogP contribution in [0.3, 0.4) is 0 Å². The van der Waals surface area contributed by atoms with Crippen LogP contribution in [0.2, 0.25) is 0 Å². The Hall–Kier alpha value is -1.10. The Morgan fingerprint density at radius 2 is 2.05 bits per heavy atom. The van der Waals surface area contributed by atoms with Crippen molar-refractivity contribution in [2.45, 2.75) is 52.0 Å². The van der Waals surface area contributed by atoms with Crippen molar-refractivity contribution in [1.82, 2.24) is 15.1 Å². The lowest BCUT2D eigenvalue weighted by molar-refractivity contribution is -0.136. The summed E-state index contributed by atoms with van der Waals surface area (Å²) >= 11 is 0. The molecule has 1 unspecified atom stereocenters. The second kappa shape index (κ2) is 8.95. The van der Waals surface area contributed by atoms with E-state index in [-0.39, 0.29) is 18.4 Å². The van der Waals surface area contributed by atoms with Gasteiger partial charge in [-0.15, -0.1) is 0 Å². The lowest BCUT2D eigenvalue weighted by atomic mass is 10.00. The van der Waals surface area contributed by atoms with E-state index in [1.165, 1.54) is 24.2 Å². The second-order valence-corrected chi connectivity index (χ2v) is 5.63. The molecule has 2 amide bonds. The number of likely N-dealkylation sites (N-methyl/N-ethyl adjacent to an activating group) is 1. The average Bonchev–Trinajstić information content (AvgIpc) is 2.45. The van der Waals surface area contributed by atoms with Crippen LogP contribution in [0.4, 0.5) is 0 Å². The molecule has 0 bridgehead atoms. The minimum atomic E-state index is -0.0756. The zero-order chi connectivity index (χ0) is 15.0. The van der Waals surface area contributed by atoms with Crippen LogP contribution in [0.5, 0.6) is 0 Å². The van der Waals surface area contributed by atoms with Crippen molar-refractivity contribution < 1.29 is 9.59 Å². The van der Waals surface area contributed by atoms with Gasteiger partial charge in [-0.3, -0.25) is 14.5 Å². The van der Waals surface area contributed by atoms with E-state index in [0.717, 1.165) is 19.4 Å². The van der Waals surface area contributed by atoms with Crippen LogP contribution >= 0.6 is 0 Å². The lowest BCUT2D eigenvalue weighted by Gasteiger charge is -2.35. The predicted molar refractivity (Wildman–Crippen MR) is 80.4 cm³/mol. The monoisotopic (exact) mass is 283 g/mol. The Labute approximate surface area is 122 Å². The van der Waals surface area contributed by atoms with Gasteiger partial charge in [-0.2, -0.15) is 0 Å². The molecule has 20 heavy (non-hydrogen) atoms. The van der Waals surface area contributed by atoms with Gasteiger partial charge in [0.05, 0.1) is 13.1 Å². The van der Waals surface area contributed by atoms with Gasteiger partial charge in [0, 0.05) is 19.6 Å². The highest BCUT2D eigenvalue weighted by Crippen LogP contribution is 2.19. The Morgan fingerprint density at radius 3 is 2.70 bits per heavy atom. The van der Waals surface area contributed by atoms with Crippen LogP contribution in [0.25, 0.3) is 0 Å². The number of carbonyl (C=O) groups excluding carboxylic acids is 2. The molecule has 0 aromatic carbocycles. The molecule has 0 spiro atoms. The highest BCUT2D eigenvalue weighted by molar-refractivity contribution is 5.85. The summed E-state index contributed by atoms with van der Waals surface area (Å²) in [7, 11) is 1.71. The van der Waals surface area contributed by atoms with E-state index in [0.29, 0.717) is 19.1 Å². The number of carbonyl (C=O) groups is 2. The molecule has 1 N–H and O–H groups in total. The minimum Gasteiger partial charge on any atom is -0.355 e. The topological polar surface area (TPSA) is 52.7 Å². The van der Waals surface area contributed by atoms with E-state index < -0.39 is 0 Å². The van der Waals surface area contributed by atoms with E-state index in [9.17, 15) is 9.59 Å². The van der Waals surface area contributed by atoms with Crippen LogP contribution in [0, 0.1) is 0 Å². The first-order valence-electron chi connectivity index (χ1n) is 7.83. The fourth-order valence-corrected chi connectivity index (χ4v) is 2.65. The summed E-state index contributed by atoms with van der Waals surface area (Å²) in [6.45, 7) is 6.45. The van der Waals surface area contributed by atoms with E-state index in [2.05, 4.69) is 17.1 Å². The van der Waals surface area contributed by atoms with Gasteiger partial charge in [-0.1, -0.05) is 20.3 Å². The summed E-state index contributed by atoms with van der Waals surface area (Å²) in [5.41, 5.74) is 0. The highest BCUT2D eigenvalue weighted by atomic mass is 16.2. The first kappa shape index (κ1) is 17.0. The molecule has 1 saturated heterocycles. The standard InChI is InChI=1S/C15H29N3O2/c1-4-9-16-14(19)11-17(3)15(20)12-18-10-7-6-8-13(18)5-2/h13H,4-12H2,1-3H3,(H,16,19). The van der Waals surface area contributed by atoms with Gasteiger partial charge in [0.2, 0.25) is 11.8 Å². The van der Waals surface area contributed by atoms with Crippen molar-refractivity contribution >= 4 is 11.8 Å². The number of likely N-dealkylation sites (tertiary alicyclic amines) is 1. The fraction of sp³-hybridized carbons (Fsp3) is 0.867. The Kier molecular flexibility index (Phi) is 7.59. The SMILES string of the molecule is CCCNC(=O)CN(C)C(=O)CN1CCCCC1CC. The van der Waals surface area contributed by atoms with E-state index in [1.54, 1.807) is 7.05 Å². The predicted octanol–water partition coefficient (Wildman–Crippen LogP) is 1.24. The summed E-state index contributed by atoms with van der Waals surface area (Å²) in [6.07, 6.45) is 5.62. The molecule has 0 radical (unpaired) electrons. The van der Waals surface area contributed by atoms with E-state index in [4.69, 9.17) is 0 Å². The molecule has 5 nitrogen and oxygen atoms in total. The molecule has 0 aromatic rings. The van der Waals surface area contributed by atoms with Crippen molar-refractivity contribution in [3.63, 3.8) is 0 Å². The third-order valence-electron chi connectivity index (χ3n) is 3.94. The lowest BCUT2D eigenvalue weighted by Crippen LogP contribution is -2.47. The smallest absolute Gasteiger partial charge is 0.239 e. The maximum Gasteiger partial charge on any atom is 0.239 e. The largest absolute Gasteiger partial charge is 0.355 e. The summed E-state index contributed by atoms with van der Waals surface area (Å²) in [4.78, 5) is 27.6. The number of nitrogens with one attached hydrogen (secondary N) is 1. The normalized spacial score (nSPS) is 19.6. The minimum absolute atomic E-state index is 0.0389. The van der Waals surface area contributed by atoms with Gasteiger partial charge < -0.3 is 10.2 Å². The molecule has 1 fully saturated rings. The fourth-order valence-electron chi connectivity index (χ4n) is 2.65. The number of rotatable bonds is 7. The molecule has 1 aliphatic rings. The van der Waals surface area contributed by atoms with Crippen molar-refractivity contribution in [3.8, 4) is 0 Å². The van der Waals surface area contributed by atoms with Crippen molar-refractivity contribution in [2.75, 3.05) is 33.2 Å². The van der Waals surface area contributed by atoms with Crippen molar-refractivity contribution in [3.05, 3.63) is 0 Å². The number of hydrogen-bond donors (Lipinski definition) is 1. The van der Waals surface area contributed by atoms with Gasteiger partial charge in [0.1, 0.15) is 0 Å². The number of nitrogens with zero attached hydrogens (tertiary/aromatic N) is 2. The molecular weight excluding hydrogens is 254 g/mol. The van der Waals surface area contributed by atoms with Gasteiger partial charge >= 0.3 is 0 Å². The zero-order valence-electron chi connectivity index (χ0n) is 13.2. The molecule has 0 aliphatic carbocycles. The van der Waals surface area contributed by atoms with Gasteiger partial charge in [0.25, 0.3) is 0 Å². The maximum absolute atomic E-state index is 12.2. The summed E-state index contributed by atoms with van der Waals surface area (Å²) < 4.78 is 0. The molecule has 116 valence electrons. The number of piperidine rings is 1. The molecule has 0 aromatic heterocycles. The molecule has 5 heteroatoms. The Balaban J connectivity index is 2.38. The van der Waals surface area contributed by atoms with E-state index >= 15 is 0 Å². The molecule has 1 aliphatic heterocycles. The highest BCUT2D eigenvalue weighted by Gasteiger charge is 2.24. The van der Waals surface area contributed by atoms with Crippen molar-refractivity contribution in [2.24, 2.45) is 0 Å². The molecule has 1 atom stereocenters. The second-order valence-electron chi connectivity index (χ2n) is 5.63. The number of amides is 2. The first-order valence-corrected chi connectivity index (χ1v) is 7.83. The quantitative estimate of drug-likeness (QED) is 0.765. The van der Waals surface area contributed by atoms with Crippen LogP contribution in [-0.4, -0.2) is 60.9 Å². The van der Waals surface area contributed by atoms with Crippen LogP contribution in [0.15, 0.2) is 0 Å². The average molecular weight is 283 g/mol. The third-order valence-corrected chi connectivity index (χ3v) is 3.94. The van der Waals surface area contributed by atoms with Gasteiger partial charge in [-0.25, -0.2) is 0 Å². The van der Waals surface area contributed by atoms with Crippen molar-refractivity contribution in [1.29, 1.82) is 0 Å². The summed E-state index contributed by atoms with van der Waals surface area (Å²) in [6, 6.07) is 0.523.